The first-order valence-corrected chi connectivity index (χ1v) is 8.26. The maximum absolute atomic E-state index is 12.9. The first kappa shape index (κ1) is 15.3. The van der Waals surface area contributed by atoms with Gasteiger partial charge in [0.2, 0.25) is 5.91 Å². The summed E-state index contributed by atoms with van der Waals surface area (Å²) >= 11 is 0. The molecular formula is C19H25NO2. The van der Waals surface area contributed by atoms with E-state index in [1.54, 1.807) is 0 Å². The Balaban J connectivity index is 1.79. The Hall–Kier alpha value is -1.64. The highest BCUT2D eigenvalue weighted by atomic mass is 16.2. The average Bonchev–Trinajstić information content (AvgIpc) is 2.79. The quantitative estimate of drug-likeness (QED) is 0.790. The Morgan fingerprint density at radius 3 is 2.09 bits per heavy atom. The molecule has 0 atom stereocenters. The van der Waals surface area contributed by atoms with Crippen molar-refractivity contribution in [2.24, 2.45) is 5.41 Å². The minimum Gasteiger partial charge on any atom is -0.312 e. The second kappa shape index (κ2) is 5.22. The van der Waals surface area contributed by atoms with Gasteiger partial charge in [-0.15, -0.1) is 0 Å². The highest BCUT2D eigenvalue weighted by Gasteiger charge is 2.48. The van der Waals surface area contributed by atoms with Gasteiger partial charge in [-0.1, -0.05) is 32.9 Å². The molecule has 1 heterocycles. The number of anilines is 1. The molecule has 1 saturated heterocycles. The van der Waals surface area contributed by atoms with Gasteiger partial charge in [0.1, 0.15) is 5.78 Å². The van der Waals surface area contributed by atoms with Crippen molar-refractivity contribution in [3.8, 4) is 0 Å². The topological polar surface area (TPSA) is 37.4 Å². The maximum Gasteiger partial charge on any atom is 0.233 e. The molecule has 1 amide bonds. The minimum absolute atomic E-state index is 0.124. The van der Waals surface area contributed by atoms with Gasteiger partial charge in [0.25, 0.3) is 0 Å². The van der Waals surface area contributed by atoms with E-state index >= 15 is 0 Å². The third-order valence-electron chi connectivity index (χ3n) is 5.32. The van der Waals surface area contributed by atoms with Crippen molar-refractivity contribution in [2.75, 3.05) is 11.4 Å². The smallest absolute Gasteiger partial charge is 0.233 e. The standard InChI is InChI=1S/C19H25NO2/c1-18(2,3)14-4-6-15(7-5-14)20-13-12-19(17(20)22)10-8-16(21)9-11-19/h4-7H,8-13H2,1-3H3. The molecule has 1 aromatic carbocycles. The Labute approximate surface area is 132 Å². The lowest BCUT2D eigenvalue weighted by Gasteiger charge is -2.31. The molecule has 0 unspecified atom stereocenters. The van der Waals surface area contributed by atoms with Gasteiger partial charge >= 0.3 is 0 Å². The van der Waals surface area contributed by atoms with Crippen molar-refractivity contribution in [3.05, 3.63) is 29.8 Å². The summed E-state index contributed by atoms with van der Waals surface area (Å²) in [5.41, 5.74) is 2.13. The number of Topliss-reactive ketones (excluding diaryl/α,β-unsaturated/α-hetero) is 1. The summed E-state index contributed by atoms with van der Waals surface area (Å²) in [6.45, 7) is 7.35. The average molecular weight is 299 g/mol. The number of carbonyl (C=O) groups excluding carboxylic acids is 2. The number of carbonyl (C=O) groups is 2. The predicted octanol–water partition coefficient (Wildman–Crippen LogP) is 3.85. The molecule has 1 saturated carbocycles. The van der Waals surface area contributed by atoms with Crippen molar-refractivity contribution in [3.63, 3.8) is 0 Å². The van der Waals surface area contributed by atoms with E-state index in [-0.39, 0.29) is 16.7 Å². The lowest BCUT2D eigenvalue weighted by molar-refractivity contribution is -0.130. The fraction of sp³-hybridized carbons (Fsp3) is 0.579. The Morgan fingerprint density at radius 1 is 0.955 bits per heavy atom. The van der Waals surface area contributed by atoms with E-state index in [9.17, 15) is 9.59 Å². The van der Waals surface area contributed by atoms with E-state index in [0.717, 1.165) is 31.5 Å². The van der Waals surface area contributed by atoms with Crippen molar-refractivity contribution < 1.29 is 9.59 Å². The number of benzene rings is 1. The number of hydrogen-bond acceptors (Lipinski definition) is 2. The highest BCUT2D eigenvalue weighted by Crippen LogP contribution is 2.45. The van der Waals surface area contributed by atoms with Gasteiger partial charge in [0.05, 0.1) is 5.41 Å². The van der Waals surface area contributed by atoms with Crippen LogP contribution in [0.4, 0.5) is 5.69 Å². The first-order chi connectivity index (χ1) is 10.3. The predicted molar refractivity (Wildman–Crippen MR) is 88.0 cm³/mol. The van der Waals surface area contributed by atoms with Gasteiger partial charge in [0, 0.05) is 25.1 Å². The summed E-state index contributed by atoms with van der Waals surface area (Å²) in [7, 11) is 0. The largest absolute Gasteiger partial charge is 0.312 e. The zero-order valence-corrected chi connectivity index (χ0v) is 13.8. The van der Waals surface area contributed by atoms with Crippen LogP contribution < -0.4 is 4.90 Å². The summed E-state index contributed by atoms with van der Waals surface area (Å²) in [5.74, 6) is 0.537. The second-order valence-electron chi connectivity index (χ2n) is 7.82. The molecule has 3 nitrogen and oxygen atoms in total. The zero-order valence-electron chi connectivity index (χ0n) is 13.8. The normalized spacial score (nSPS) is 21.7. The van der Waals surface area contributed by atoms with Crippen molar-refractivity contribution in [2.45, 2.75) is 58.3 Å². The molecular weight excluding hydrogens is 274 g/mol. The molecule has 118 valence electrons. The van der Waals surface area contributed by atoms with Crippen LogP contribution in [0.3, 0.4) is 0 Å². The van der Waals surface area contributed by atoms with Gasteiger partial charge in [-0.3, -0.25) is 9.59 Å². The molecule has 22 heavy (non-hydrogen) atoms. The Bertz CT molecular complexity index is 585. The number of hydrogen-bond donors (Lipinski definition) is 0. The molecule has 1 aromatic rings. The van der Waals surface area contributed by atoms with Crippen LogP contribution in [0.15, 0.2) is 24.3 Å². The molecule has 2 fully saturated rings. The number of rotatable bonds is 1. The molecule has 3 heteroatoms. The van der Waals surface area contributed by atoms with Crippen LogP contribution >= 0.6 is 0 Å². The lowest BCUT2D eigenvalue weighted by Crippen LogP contribution is -2.37. The Morgan fingerprint density at radius 2 is 1.55 bits per heavy atom. The fourth-order valence-corrected chi connectivity index (χ4v) is 3.68. The summed E-state index contributed by atoms with van der Waals surface area (Å²) in [4.78, 5) is 26.3. The van der Waals surface area contributed by atoms with E-state index in [0.29, 0.717) is 18.6 Å². The van der Waals surface area contributed by atoms with Crippen LogP contribution in [-0.4, -0.2) is 18.2 Å². The number of nitrogens with zero attached hydrogens (tertiary/aromatic N) is 1. The highest BCUT2D eigenvalue weighted by molar-refractivity contribution is 6.01. The third-order valence-corrected chi connectivity index (χ3v) is 5.32. The van der Waals surface area contributed by atoms with E-state index in [1.807, 2.05) is 4.90 Å². The monoisotopic (exact) mass is 299 g/mol. The molecule has 0 aromatic heterocycles. The van der Waals surface area contributed by atoms with E-state index in [2.05, 4.69) is 45.0 Å². The van der Waals surface area contributed by atoms with Crippen LogP contribution in [0.5, 0.6) is 0 Å². The molecule has 0 radical (unpaired) electrons. The first-order valence-electron chi connectivity index (χ1n) is 8.26. The zero-order chi connectivity index (χ0) is 16.0. The number of ketones is 1. The van der Waals surface area contributed by atoms with Crippen molar-refractivity contribution in [1.82, 2.24) is 0 Å². The van der Waals surface area contributed by atoms with Crippen LogP contribution in [-0.2, 0) is 15.0 Å². The fourth-order valence-electron chi connectivity index (χ4n) is 3.68. The van der Waals surface area contributed by atoms with Gasteiger partial charge in [0.15, 0.2) is 0 Å². The van der Waals surface area contributed by atoms with Gasteiger partial charge in [-0.05, 0) is 42.4 Å². The van der Waals surface area contributed by atoms with Crippen LogP contribution in [0.2, 0.25) is 0 Å². The summed E-state index contributed by atoms with van der Waals surface area (Å²) in [5, 5.41) is 0. The molecule has 2 aliphatic rings. The Kier molecular flexibility index (Phi) is 3.62. The van der Waals surface area contributed by atoms with Crippen LogP contribution in [0.25, 0.3) is 0 Å². The summed E-state index contributed by atoms with van der Waals surface area (Å²) in [6.07, 6.45) is 3.51. The third kappa shape index (κ3) is 2.57. The number of amides is 1. The maximum atomic E-state index is 12.9. The van der Waals surface area contributed by atoms with E-state index in [4.69, 9.17) is 0 Å². The SMILES string of the molecule is CC(C)(C)c1ccc(N2CCC3(CCC(=O)CC3)C2=O)cc1. The van der Waals surface area contributed by atoms with E-state index in [1.165, 1.54) is 5.56 Å². The molecule has 0 N–H and O–H groups in total. The van der Waals surface area contributed by atoms with E-state index < -0.39 is 0 Å². The molecule has 0 bridgehead atoms. The second-order valence-corrected chi connectivity index (χ2v) is 7.82. The molecule has 1 aliphatic carbocycles. The summed E-state index contributed by atoms with van der Waals surface area (Å²) < 4.78 is 0. The molecule has 1 spiro atoms. The van der Waals surface area contributed by atoms with Gasteiger partial charge in [-0.2, -0.15) is 0 Å². The summed E-state index contributed by atoms with van der Waals surface area (Å²) in [6, 6.07) is 8.37. The van der Waals surface area contributed by atoms with Crippen LogP contribution in [0, 0.1) is 5.41 Å². The van der Waals surface area contributed by atoms with Gasteiger partial charge < -0.3 is 4.90 Å². The molecule has 1 aliphatic heterocycles. The van der Waals surface area contributed by atoms with Gasteiger partial charge in [-0.25, -0.2) is 0 Å². The molecule has 3 rings (SSSR count). The van der Waals surface area contributed by atoms with Crippen molar-refractivity contribution >= 4 is 17.4 Å². The lowest BCUT2D eigenvalue weighted by atomic mass is 9.72. The van der Waals surface area contributed by atoms with Crippen molar-refractivity contribution in [1.29, 1.82) is 0 Å². The van der Waals surface area contributed by atoms with Crippen LogP contribution in [0.1, 0.15) is 58.4 Å². The minimum atomic E-state index is -0.267.